The molecule has 0 bridgehead atoms. The number of hydrogen-bond donors (Lipinski definition) is 2. The standard InChI is InChI=1S/C23H28N4O4S/c1-15(28)24-16-8-10-17(11-9-16)25-21(29)14-32-22-19-6-2-3-7-20(19)27(23(30)26-22)13-18-5-4-12-31-18/h8-11,18H,2-7,12-14H2,1H3,(H,24,28)(H,25,29)/t18-/m0/s1. The summed E-state index contributed by atoms with van der Waals surface area (Å²) in [6.45, 7) is 2.77. The molecule has 1 aromatic heterocycles. The fraction of sp³-hybridized carbons (Fsp3) is 0.478. The van der Waals surface area contributed by atoms with Crippen molar-refractivity contribution in [3.63, 3.8) is 0 Å². The molecule has 8 nitrogen and oxygen atoms in total. The van der Waals surface area contributed by atoms with Gasteiger partial charge in [0.15, 0.2) is 0 Å². The number of ether oxygens (including phenoxy) is 1. The van der Waals surface area contributed by atoms with Crippen LogP contribution >= 0.6 is 11.8 Å². The first-order valence-electron chi connectivity index (χ1n) is 11.0. The van der Waals surface area contributed by atoms with Gasteiger partial charge in [0, 0.05) is 36.2 Å². The van der Waals surface area contributed by atoms with Gasteiger partial charge in [0.1, 0.15) is 5.03 Å². The number of nitrogens with zero attached hydrogens (tertiary/aromatic N) is 2. The van der Waals surface area contributed by atoms with Crippen molar-refractivity contribution >= 4 is 35.0 Å². The topological polar surface area (TPSA) is 102 Å². The van der Waals surface area contributed by atoms with E-state index in [2.05, 4.69) is 15.6 Å². The quantitative estimate of drug-likeness (QED) is 0.491. The Morgan fingerprint density at radius 3 is 2.53 bits per heavy atom. The summed E-state index contributed by atoms with van der Waals surface area (Å²) >= 11 is 1.31. The molecule has 0 saturated carbocycles. The summed E-state index contributed by atoms with van der Waals surface area (Å²) in [4.78, 5) is 40.7. The highest BCUT2D eigenvalue weighted by Crippen LogP contribution is 2.29. The van der Waals surface area contributed by atoms with E-state index in [0.717, 1.165) is 56.4 Å². The Bertz CT molecular complexity index is 1050. The van der Waals surface area contributed by atoms with Crippen molar-refractivity contribution in [2.75, 3.05) is 23.0 Å². The molecule has 32 heavy (non-hydrogen) atoms. The Morgan fingerprint density at radius 1 is 1.12 bits per heavy atom. The summed E-state index contributed by atoms with van der Waals surface area (Å²) in [7, 11) is 0. The van der Waals surface area contributed by atoms with Crippen LogP contribution in [-0.4, -0.2) is 39.8 Å². The number of carbonyl (C=O) groups excluding carboxylic acids is 2. The molecule has 1 fully saturated rings. The van der Waals surface area contributed by atoms with Crippen LogP contribution in [0.15, 0.2) is 34.1 Å². The molecular formula is C23H28N4O4S. The molecule has 2 aliphatic rings. The number of aromatic nitrogens is 2. The van der Waals surface area contributed by atoms with Crippen molar-refractivity contribution in [2.24, 2.45) is 0 Å². The van der Waals surface area contributed by atoms with E-state index in [4.69, 9.17) is 4.74 Å². The van der Waals surface area contributed by atoms with Gasteiger partial charge in [-0.25, -0.2) is 4.79 Å². The van der Waals surface area contributed by atoms with Gasteiger partial charge in [-0.1, -0.05) is 11.8 Å². The minimum atomic E-state index is -0.252. The molecule has 0 radical (unpaired) electrons. The van der Waals surface area contributed by atoms with Crippen molar-refractivity contribution in [3.05, 3.63) is 46.0 Å². The number of thioether (sulfide) groups is 1. The highest BCUT2D eigenvalue weighted by molar-refractivity contribution is 8.00. The highest BCUT2D eigenvalue weighted by Gasteiger charge is 2.24. The average molecular weight is 457 g/mol. The predicted molar refractivity (Wildman–Crippen MR) is 124 cm³/mol. The van der Waals surface area contributed by atoms with Crippen LogP contribution in [-0.2, 0) is 33.7 Å². The van der Waals surface area contributed by atoms with Gasteiger partial charge < -0.3 is 15.4 Å². The van der Waals surface area contributed by atoms with E-state index in [0.29, 0.717) is 22.9 Å². The van der Waals surface area contributed by atoms with E-state index in [9.17, 15) is 14.4 Å². The molecule has 2 amide bonds. The SMILES string of the molecule is CC(=O)Nc1ccc(NC(=O)CSc2nc(=O)n(C[C@@H]3CCCO3)c3c2CCCC3)cc1. The molecule has 1 saturated heterocycles. The van der Waals surface area contributed by atoms with Crippen LogP contribution < -0.4 is 16.3 Å². The highest BCUT2D eigenvalue weighted by atomic mass is 32.2. The minimum Gasteiger partial charge on any atom is -0.376 e. The maximum atomic E-state index is 12.8. The normalized spacial score (nSPS) is 17.6. The van der Waals surface area contributed by atoms with Crippen LogP contribution in [0.25, 0.3) is 0 Å². The van der Waals surface area contributed by atoms with Crippen LogP contribution in [0.2, 0.25) is 0 Å². The second kappa shape index (κ2) is 10.3. The van der Waals surface area contributed by atoms with Gasteiger partial charge in [-0.05, 0) is 62.8 Å². The van der Waals surface area contributed by atoms with E-state index < -0.39 is 0 Å². The molecule has 1 aliphatic heterocycles. The largest absolute Gasteiger partial charge is 0.376 e. The van der Waals surface area contributed by atoms with Gasteiger partial charge in [-0.3, -0.25) is 14.2 Å². The molecule has 1 aliphatic carbocycles. The average Bonchev–Trinajstić information content (AvgIpc) is 3.29. The summed E-state index contributed by atoms with van der Waals surface area (Å²) in [5.74, 6) is -0.147. The summed E-state index contributed by atoms with van der Waals surface area (Å²) in [6, 6.07) is 6.94. The second-order valence-corrected chi connectivity index (χ2v) is 9.14. The van der Waals surface area contributed by atoms with Crippen molar-refractivity contribution < 1.29 is 14.3 Å². The van der Waals surface area contributed by atoms with Crippen molar-refractivity contribution in [1.82, 2.24) is 9.55 Å². The van der Waals surface area contributed by atoms with Crippen LogP contribution in [0.5, 0.6) is 0 Å². The molecule has 4 rings (SSSR count). The third-order valence-electron chi connectivity index (χ3n) is 5.69. The van der Waals surface area contributed by atoms with Crippen molar-refractivity contribution in [1.29, 1.82) is 0 Å². The molecule has 1 aromatic carbocycles. The molecule has 2 N–H and O–H groups in total. The minimum absolute atomic E-state index is 0.0850. The van der Waals surface area contributed by atoms with E-state index in [1.807, 2.05) is 0 Å². The molecule has 1 atom stereocenters. The van der Waals surface area contributed by atoms with E-state index in [-0.39, 0.29) is 29.4 Å². The van der Waals surface area contributed by atoms with Gasteiger partial charge >= 0.3 is 5.69 Å². The lowest BCUT2D eigenvalue weighted by Crippen LogP contribution is -2.34. The summed E-state index contributed by atoms with van der Waals surface area (Å²) in [5.41, 5.74) is 3.23. The van der Waals surface area contributed by atoms with Gasteiger partial charge in [-0.15, -0.1) is 0 Å². The van der Waals surface area contributed by atoms with Crippen LogP contribution in [0.3, 0.4) is 0 Å². The number of hydrogen-bond acceptors (Lipinski definition) is 6. The molecular weight excluding hydrogens is 428 g/mol. The molecule has 0 spiro atoms. The number of benzene rings is 1. The lowest BCUT2D eigenvalue weighted by molar-refractivity contribution is -0.114. The van der Waals surface area contributed by atoms with Crippen molar-refractivity contribution in [3.8, 4) is 0 Å². The Morgan fingerprint density at radius 2 is 1.84 bits per heavy atom. The summed E-state index contributed by atoms with van der Waals surface area (Å²) < 4.78 is 7.53. The number of amides is 2. The first kappa shape index (κ1) is 22.5. The lowest BCUT2D eigenvalue weighted by Gasteiger charge is -2.24. The Balaban J connectivity index is 1.42. The molecule has 170 valence electrons. The maximum absolute atomic E-state index is 12.8. The molecule has 2 heterocycles. The molecule has 9 heteroatoms. The number of anilines is 2. The number of fused-ring (bicyclic) bond motifs is 1. The maximum Gasteiger partial charge on any atom is 0.348 e. The lowest BCUT2D eigenvalue weighted by atomic mass is 9.97. The van der Waals surface area contributed by atoms with E-state index in [1.54, 1.807) is 28.8 Å². The molecule has 0 unspecified atom stereocenters. The Labute approximate surface area is 191 Å². The third-order valence-corrected chi connectivity index (χ3v) is 6.71. The number of rotatable bonds is 7. The van der Waals surface area contributed by atoms with Gasteiger partial charge in [0.05, 0.1) is 18.4 Å². The fourth-order valence-electron chi connectivity index (χ4n) is 4.22. The number of carbonyl (C=O) groups is 2. The molecule has 2 aromatic rings. The predicted octanol–water partition coefficient (Wildman–Crippen LogP) is 2.99. The van der Waals surface area contributed by atoms with Crippen LogP contribution in [0.4, 0.5) is 11.4 Å². The van der Waals surface area contributed by atoms with Crippen LogP contribution in [0, 0.1) is 0 Å². The summed E-state index contributed by atoms with van der Waals surface area (Å²) in [6.07, 6.45) is 5.95. The zero-order valence-electron chi connectivity index (χ0n) is 18.2. The Kier molecular flexibility index (Phi) is 7.26. The van der Waals surface area contributed by atoms with Gasteiger partial charge in [0.25, 0.3) is 0 Å². The van der Waals surface area contributed by atoms with Gasteiger partial charge in [0.2, 0.25) is 11.8 Å². The van der Waals surface area contributed by atoms with Crippen LogP contribution in [0.1, 0.15) is 43.9 Å². The smallest absolute Gasteiger partial charge is 0.348 e. The Hall–Kier alpha value is -2.65. The zero-order chi connectivity index (χ0) is 22.5. The monoisotopic (exact) mass is 456 g/mol. The first-order chi connectivity index (χ1) is 15.5. The zero-order valence-corrected chi connectivity index (χ0v) is 19.0. The van der Waals surface area contributed by atoms with E-state index >= 15 is 0 Å². The second-order valence-electron chi connectivity index (χ2n) is 8.17. The summed E-state index contributed by atoms with van der Waals surface area (Å²) in [5, 5.41) is 6.21. The van der Waals surface area contributed by atoms with Crippen molar-refractivity contribution in [2.45, 2.75) is 63.1 Å². The van der Waals surface area contributed by atoms with Gasteiger partial charge in [-0.2, -0.15) is 4.98 Å². The van der Waals surface area contributed by atoms with E-state index in [1.165, 1.54) is 18.7 Å². The fourth-order valence-corrected chi connectivity index (χ4v) is 5.10. The number of nitrogens with one attached hydrogen (secondary N) is 2. The first-order valence-corrected chi connectivity index (χ1v) is 12.0. The third kappa shape index (κ3) is 5.58.